The molecule has 22 heavy (non-hydrogen) atoms. The zero-order chi connectivity index (χ0) is 15.4. The van der Waals surface area contributed by atoms with Gasteiger partial charge in [-0.15, -0.1) is 11.3 Å². The van der Waals surface area contributed by atoms with Gasteiger partial charge in [0.2, 0.25) is 0 Å². The van der Waals surface area contributed by atoms with Crippen molar-refractivity contribution in [1.29, 1.82) is 0 Å². The van der Waals surface area contributed by atoms with E-state index in [1.807, 2.05) is 11.4 Å². The standard InChI is InChI=1S/C17H14FN3S/c1-12(3-2-4-13-5-7-14(18)8-6-13)21-16-15-9-10-22-17(15)20-11-19-16/h5-12H,3H2,1H3,(H,19,20,21). The van der Waals surface area contributed by atoms with Crippen molar-refractivity contribution in [3.05, 3.63) is 53.4 Å². The molecule has 0 aliphatic carbocycles. The Bertz CT molecular complexity index is 830. The van der Waals surface area contributed by atoms with Crippen LogP contribution >= 0.6 is 11.3 Å². The number of anilines is 1. The maximum absolute atomic E-state index is 12.8. The van der Waals surface area contributed by atoms with E-state index >= 15 is 0 Å². The molecule has 1 aromatic carbocycles. The second-order valence-corrected chi connectivity index (χ2v) is 5.81. The molecule has 0 bridgehead atoms. The van der Waals surface area contributed by atoms with Crippen molar-refractivity contribution in [2.45, 2.75) is 19.4 Å². The number of hydrogen-bond acceptors (Lipinski definition) is 4. The van der Waals surface area contributed by atoms with E-state index < -0.39 is 0 Å². The number of halogens is 1. The van der Waals surface area contributed by atoms with E-state index in [4.69, 9.17) is 0 Å². The second kappa shape index (κ2) is 6.54. The lowest BCUT2D eigenvalue weighted by molar-refractivity contribution is 0.627. The van der Waals surface area contributed by atoms with Gasteiger partial charge in [0, 0.05) is 18.0 Å². The number of rotatable bonds is 3. The first-order valence-electron chi connectivity index (χ1n) is 6.91. The van der Waals surface area contributed by atoms with Crippen LogP contribution in [0.3, 0.4) is 0 Å². The van der Waals surface area contributed by atoms with Crippen LogP contribution in [0.5, 0.6) is 0 Å². The molecule has 0 aliphatic rings. The number of fused-ring (bicyclic) bond motifs is 1. The predicted molar refractivity (Wildman–Crippen MR) is 88.4 cm³/mol. The Morgan fingerprint density at radius 3 is 2.86 bits per heavy atom. The lowest BCUT2D eigenvalue weighted by atomic mass is 10.2. The van der Waals surface area contributed by atoms with Crippen molar-refractivity contribution in [3.63, 3.8) is 0 Å². The molecule has 0 radical (unpaired) electrons. The highest BCUT2D eigenvalue weighted by Crippen LogP contribution is 2.24. The predicted octanol–water partition coefficient (Wildman–Crippen LogP) is 4.07. The van der Waals surface area contributed by atoms with Gasteiger partial charge in [0.05, 0.1) is 5.39 Å². The van der Waals surface area contributed by atoms with Gasteiger partial charge in [0.1, 0.15) is 22.8 Å². The Hall–Kier alpha value is -2.45. The zero-order valence-corrected chi connectivity index (χ0v) is 12.8. The molecule has 0 saturated heterocycles. The molecule has 2 aromatic heterocycles. The van der Waals surface area contributed by atoms with Gasteiger partial charge >= 0.3 is 0 Å². The fraction of sp³-hybridized carbons (Fsp3) is 0.176. The Morgan fingerprint density at radius 1 is 1.23 bits per heavy atom. The summed E-state index contributed by atoms with van der Waals surface area (Å²) in [6, 6.07) is 8.37. The lowest BCUT2D eigenvalue weighted by Gasteiger charge is -2.11. The van der Waals surface area contributed by atoms with Crippen LogP contribution in [0.2, 0.25) is 0 Å². The summed E-state index contributed by atoms with van der Waals surface area (Å²) in [5.41, 5.74) is 0.816. The number of aromatic nitrogens is 2. The fourth-order valence-electron chi connectivity index (χ4n) is 2.03. The SMILES string of the molecule is CC(CC#Cc1ccc(F)cc1)Nc1ncnc2sccc12. The van der Waals surface area contributed by atoms with E-state index in [1.165, 1.54) is 12.1 Å². The minimum Gasteiger partial charge on any atom is -0.366 e. The third kappa shape index (κ3) is 3.41. The first-order valence-corrected chi connectivity index (χ1v) is 7.79. The topological polar surface area (TPSA) is 37.8 Å². The van der Waals surface area contributed by atoms with Gasteiger partial charge in [-0.2, -0.15) is 0 Å². The van der Waals surface area contributed by atoms with Gasteiger partial charge in [-0.1, -0.05) is 11.8 Å². The van der Waals surface area contributed by atoms with Gasteiger partial charge in [0.15, 0.2) is 0 Å². The van der Waals surface area contributed by atoms with Crippen molar-refractivity contribution in [2.24, 2.45) is 0 Å². The van der Waals surface area contributed by atoms with Crippen LogP contribution < -0.4 is 5.32 Å². The molecule has 0 spiro atoms. The maximum atomic E-state index is 12.8. The number of nitrogens with zero attached hydrogens (tertiary/aromatic N) is 2. The average molecular weight is 311 g/mol. The van der Waals surface area contributed by atoms with Gasteiger partial charge in [0.25, 0.3) is 0 Å². The summed E-state index contributed by atoms with van der Waals surface area (Å²) in [6.07, 6.45) is 2.24. The average Bonchev–Trinajstić information content (AvgIpc) is 2.99. The molecule has 1 atom stereocenters. The van der Waals surface area contributed by atoms with E-state index in [1.54, 1.807) is 29.8 Å². The van der Waals surface area contributed by atoms with Crippen molar-refractivity contribution in [3.8, 4) is 11.8 Å². The molecular formula is C17H14FN3S. The number of thiophene rings is 1. The summed E-state index contributed by atoms with van der Waals surface area (Å²) in [4.78, 5) is 9.49. The summed E-state index contributed by atoms with van der Waals surface area (Å²) in [6.45, 7) is 2.06. The highest BCUT2D eigenvalue weighted by atomic mass is 32.1. The molecule has 3 nitrogen and oxygen atoms in total. The molecule has 3 aromatic rings. The van der Waals surface area contributed by atoms with Gasteiger partial charge in [-0.25, -0.2) is 14.4 Å². The van der Waals surface area contributed by atoms with Crippen LogP contribution in [-0.4, -0.2) is 16.0 Å². The summed E-state index contributed by atoms with van der Waals surface area (Å²) in [7, 11) is 0. The normalized spacial score (nSPS) is 11.7. The van der Waals surface area contributed by atoms with Gasteiger partial charge < -0.3 is 5.32 Å². The van der Waals surface area contributed by atoms with Gasteiger partial charge in [-0.3, -0.25) is 0 Å². The van der Waals surface area contributed by atoms with Crippen LogP contribution in [-0.2, 0) is 0 Å². The van der Waals surface area contributed by atoms with Gasteiger partial charge in [-0.05, 0) is 42.6 Å². The van der Waals surface area contributed by atoms with Crippen molar-refractivity contribution >= 4 is 27.4 Å². The molecule has 3 rings (SSSR count). The van der Waals surface area contributed by atoms with Crippen LogP contribution in [0.1, 0.15) is 18.9 Å². The fourth-order valence-corrected chi connectivity index (χ4v) is 2.76. The van der Waals surface area contributed by atoms with Crippen LogP contribution in [0.15, 0.2) is 42.0 Å². The van der Waals surface area contributed by atoms with Crippen molar-refractivity contribution in [2.75, 3.05) is 5.32 Å². The van der Waals surface area contributed by atoms with Crippen LogP contribution in [0.4, 0.5) is 10.2 Å². The first-order chi connectivity index (χ1) is 10.7. The number of nitrogens with one attached hydrogen (secondary N) is 1. The Labute approximate surface area is 132 Å². The van der Waals surface area contributed by atoms with Crippen molar-refractivity contribution in [1.82, 2.24) is 9.97 Å². The van der Waals surface area contributed by atoms with E-state index in [9.17, 15) is 4.39 Å². The highest BCUT2D eigenvalue weighted by molar-refractivity contribution is 7.16. The summed E-state index contributed by atoms with van der Waals surface area (Å²) in [5, 5.41) is 6.40. The van der Waals surface area contributed by atoms with E-state index in [0.29, 0.717) is 6.42 Å². The first kappa shape index (κ1) is 14.5. The molecule has 0 fully saturated rings. The summed E-state index contributed by atoms with van der Waals surface area (Å²) in [5.74, 6) is 6.73. The monoisotopic (exact) mass is 311 g/mol. The molecule has 1 unspecified atom stereocenters. The Balaban J connectivity index is 1.64. The third-order valence-electron chi connectivity index (χ3n) is 3.13. The molecule has 0 saturated carbocycles. The largest absolute Gasteiger partial charge is 0.366 e. The minimum atomic E-state index is -0.246. The van der Waals surface area contributed by atoms with E-state index in [0.717, 1.165) is 21.6 Å². The molecule has 5 heteroatoms. The second-order valence-electron chi connectivity index (χ2n) is 4.92. The lowest BCUT2D eigenvalue weighted by Crippen LogP contribution is -2.15. The number of hydrogen-bond donors (Lipinski definition) is 1. The molecular weight excluding hydrogens is 297 g/mol. The van der Waals surface area contributed by atoms with Crippen LogP contribution in [0.25, 0.3) is 10.2 Å². The van der Waals surface area contributed by atoms with Crippen molar-refractivity contribution < 1.29 is 4.39 Å². The van der Waals surface area contributed by atoms with E-state index in [-0.39, 0.29) is 11.9 Å². The quantitative estimate of drug-likeness (QED) is 0.741. The smallest absolute Gasteiger partial charge is 0.138 e. The molecule has 110 valence electrons. The Morgan fingerprint density at radius 2 is 2.05 bits per heavy atom. The molecule has 0 aliphatic heterocycles. The maximum Gasteiger partial charge on any atom is 0.138 e. The van der Waals surface area contributed by atoms with Crippen LogP contribution in [0, 0.1) is 17.7 Å². The molecule has 1 N–H and O–H groups in total. The third-order valence-corrected chi connectivity index (χ3v) is 3.95. The molecule has 2 heterocycles. The zero-order valence-electron chi connectivity index (χ0n) is 12.0. The highest BCUT2D eigenvalue weighted by Gasteiger charge is 2.07. The minimum absolute atomic E-state index is 0.158. The van der Waals surface area contributed by atoms with E-state index in [2.05, 4.69) is 34.0 Å². The Kier molecular flexibility index (Phi) is 4.31. The summed E-state index contributed by atoms with van der Waals surface area (Å²) >= 11 is 1.60. The number of benzene rings is 1. The molecule has 0 amide bonds. The summed E-state index contributed by atoms with van der Waals surface area (Å²) < 4.78 is 12.8.